The normalized spacial score (nSPS) is 15.6. The Labute approximate surface area is 120 Å². The third kappa shape index (κ3) is 2.62. The number of anilines is 1. The van der Waals surface area contributed by atoms with Gasteiger partial charge >= 0.3 is 5.97 Å². The van der Waals surface area contributed by atoms with Crippen LogP contribution >= 0.6 is 0 Å². The van der Waals surface area contributed by atoms with E-state index in [1.165, 1.54) is 0 Å². The minimum Gasteiger partial charge on any atom is -0.475 e. The number of carbonyl (C=O) groups excluding carboxylic acids is 1. The molecule has 0 bridgehead atoms. The Morgan fingerprint density at radius 1 is 1.29 bits per heavy atom. The number of rotatable bonds is 2. The van der Waals surface area contributed by atoms with Crippen LogP contribution in [0.5, 0.6) is 0 Å². The minimum atomic E-state index is -1.18. The van der Waals surface area contributed by atoms with Crippen molar-refractivity contribution < 1.29 is 14.7 Å². The number of aromatic nitrogens is 2. The van der Waals surface area contributed by atoms with Crippen molar-refractivity contribution in [2.24, 2.45) is 0 Å². The zero-order chi connectivity index (χ0) is 14.8. The first-order valence-electron chi connectivity index (χ1n) is 6.67. The lowest BCUT2D eigenvalue weighted by Gasteiger charge is -2.21. The molecule has 7 nitrogen and oxygen atoms in total. The molecule has 0 aliphatic carbocycles. The summed E-state index contributed by atoms with van der Waals surface area (Å²) in [5, 5.41) is 12.7. The number of carbonyl (C=O) groups is 2. The van der Waals surface area contributed by atoms with Gasteiger partial charge in [0, 0.05) is 18.5 Å². The molecule has 3 rings (SSSR count). The van der Waals surface area contributed by atoms with Gasteiger partial charge in [0.1, 0.15) is 5.82 Å². The summed E-state index contributed by atoms with van der Waals surface area (Å²) >= 11 is 0. The third-order valence-electron chi connectivity index (χ3n) is 3.34. The number of nitrogens with one attached hydrogen (secondary N) is 1. The second-order valence-corrected chi connectivity index (χ2v) is 4.82. The molecule has 0 atom stereocenters. The maximum atomic E-state index is 11.7. The predicted octanol–water partition coefficient (Wildman–Crippen LogP) is 0.654. The van der Waals surface area contributed by atoms with Gasteiger partial charge in [0.2, 0.25) is 11.7 Å². The van der Waals surface area contributed by atoms with Crippen LogP contribution in [0.3, 0.4) is 0 Å². The smallest absolute Gasteiger partial charge is 0.374 e. The highest BCUT2D eigenvalue weighted by atomic mass is 16.4. The molecule has 21 heavy (non-hydrogen) atoms. The van der Waals surface area contributed by atoms with Gasteiger partial charge in [-0.3, -0.25) is 4.79 Å². The number of aromatic carboxylic acids is 1. The van der Waals surface area contributed by atoms with Gasteiger partial charge in [-0.2, -0.15) is 0 Å². The summed E-state index contributed by atoms with van der Waals surface area (Å²) in [6.07, 6.45) is 0.784. The van der Waals surface area contributed by atoms with E-state index in [2.05, 4.69) is 15.3 Å². The highest BCUT2D eigenvalue weighted by molar-refractivity contribution is 5.95. The Morgan fingerprint density at radius 2 is 2.10 bits per heavy atom. The number of benzene rings is 1. The van der Waals surface area contributed by atoms with Crippen LogP contribution in [0, 0.1) is 0 Å². The van der Waals surface area contributed by atoms with E-state index in [-0.39, 0.29) is 18.3 Å². The average molecular weight is 286 g/mol. The number of para-hydroxylation sites is 1. The Hall–Kier alpha value is -2.70. The molecule has 2 heterocycles. The summed E-state index contributed by atoms with van der Waals surface area (Å²) in [4.78, 5) is 32.9. The van der Waals surface area contributed by atoms with Gasteiger partial charge in [0.05, 0.1) is 12.1 Å². The molecule has 7 heteroatoms. The molecule has 1 fully saturated rings. The number of hydrogen-bond donors (Lipinski definition) is 2. The fraction of sp³-hybridized carbons (Fsp3) is 0.286. The van der Waals surface area contributed by atoms with Crippen molar-refractivity contribution in [3.8, 4) is 0 Å². The zero-order valence-corrected chi connectivity index (χ0v) is 11.2. The van der Waals surface area contributed by atoms with E-state index < -0.39 is 5.97 Å². The Balaban J connectivity index is 2.14. The maximum absolute atomic E-state index is 11.7. The number of nitrogens with zero attached hydrogens (tertiary/aromatic N) is 3. The lowest BCUT2D eigenvalue weighted by Crippen LogP contribution is -2.34. The first kappa shape index (κ1) is 13.3. The Bertz CT molecular complexity index is 716. The van der Waals surface area contributed by atoms with E-state index in [0.717, 1.165) is 11.8 Å². The minimum absolute atomic E-state index is 0.0907. The molecule has 1 aliphatic rings. The first-order valence-corrected chi connectivity index (χ1v) is 6.67. The average Bonchev–Trinajstić information content (AvgIpc) is 2.70. The molecular formula is C14H14N4O3. The van der Waals surface area contributed by atoms with Crippen molar-refractivity contribution >= 4 is 28.6 Å². The molecule has 2 aromatic rings. The van der Waals surface area contributed by atoms with Crippen molar-refractivity contribution in [2.45, 2.75) is 6.42 Å². The van der Waals surface area contributed by atoms with Gasteiger partial charge in [-0.1, -0.05) is 12.1 Å². The van der Waals surface area contributed by atoms with Gasteiger partial charge in [-0.05, 0) is 18.6 Å². The Kier molecular flexibility index (Phi) is 3.39. The molecule has 1 saturated heterocycles. The van der Waals surface area contributed by atoms with Crippen LogP contribution in [0.4, 0.5) is 5.82 Å². The Morgan fingerprint density at radius 3 is 2.90 bits per heavy atom. The quantitative estimate of drug-likeness (QED) is 0.841. The van der Waals surface area contributed by atoms with Crippen LogP contribution in [-0.4, -0.2) is 46.6 Å². The van der Waals surface area contributed by atoms with E-state index in [1.54, 1.807) is 17.0 Å². The van der Waals surface area contributed by atoms with Crippen LogP contribution in [0.2, 0.25) is 0 Å². The largest absolute Gasteiger partial charge is 0.475 e. The molecule has 0 unspecified atom stereocenters. The third-order valence-corrected chi connectivity index (χ3v) is 3.34. The topological polar surface area (TPSA) is 95.4 Å². The summed E-state index contributed by atoms with van der Waals surface area (Å²) in [5.41, 5.74) is 0.560. The molecule has 0 radical (unpaired) electrons. The van der Waals surface area contributed by atoms with Crippen molar-refractivity contribution in [1.29, 1.82) is 0 Å². The van der Waals surface area contributed by atoms with Gasteiger partial charge in [0.15, 0.2) is 0 Å². The monoisotopic (exact) mass is 286 g/mol. The summed E-state index contributed by atoms with van der Waals surface area (Å²) in [6, 6.07) is 7.21. The molecule has 0 saturated carbocycles. The summed E-state index contributed by atoms with van der Waals surface area (Å²) in [6.45, 7) is 1.42. The van der Waals surface area contributed by atoms with E-state index in [4.69, 9.17) is 5.11 Å². The highest BCUT2D eigenvalue weighted by Crippen LogP contribution is 2.24. The molecule has 1 aromatic carbocycles. The summed E-state index contributed by atoms with van der Waals surface area (Å²) in [5.74, 6) is -1.03. The van der Waals surface area contributed by atoms with Crippen LogP contribution in [0.1, 0.15) is 17.0 Å². The molecule has 108 valence electrons. The van der Waals surface area contributed by atoms with Crippen molar-refractivity contribution in [3.05, 3.63) is 30.1 Å². The van der Waals surface area contributed by atoms with Crippen molar-refractivity contribution in [1.82, 2.24) is 15.3 Å². The molecular weight excluding hydrogens is 272 g/mol. The van der Waals surface area contributed by atoms with E-state index in [0.29, 0.717) is 24.4 Å². The second kappa shape index (κ2) is 5.35. The molecule has 0 spiro atoms. The lowest BCUT2D eigenvalue weighted by molar-refractivity contribution is -0.119. The molecule has 1 amide bonds. The number of fused-ring (bicyclic) bond motifs is 1. The molecule has 2 N–H and O–H groups in total. The van der Waals surface area contributed by atoms with Crippen LogP contribution in [0.25, 0.3) is 10.9 Å². The van der Waals surface area contributed by atoms with Gasteiger partial charge in [0.25, 0.3) is 0 Å². The van der Waals surface area contributed by atoms with Gasteiger partial charge < -0.3 is 15.3 Å². The molecule has 1 aromatic heterocycles. The number of carboxylic acid groups (broad SMARTS) is 1. The summed E-state index contributed by atoms with van der Waals surface area (Å²) in [7, 11) is 0. The SMILES string of the molecule is O=C1CN(c2nc(C(=O)O)nc3ccccc23)CCCN1. The predicted molar refractivity (Wildman–Crippen MR) is 76.3 cm³/mol. The van der Waals surface area contributed by atoms with Crippen LogP contribution < -0.4 is 10.2 Å². The number of amides is 1. The number of carboxylic acids is 1. The fourth-order valence-corrected chi connectivity index (χ4v) is 2.38. The van der Waals surface area contributed by atoms with E-state index in [9.17, 15) is 9.59 Å². The van der Waals surface area contributed by atoms with Gasteiger partial charge in [-0.15, -0.1) is 0 Å². The van der Waals surface area contributed by atoms with Crippen molar-refractivity contribution in [3.63, 3.8) is 0 Å². The maximum Gasteiger partial charge on any atom is 0.374 e. The van der Waals surface area contributed by atoms with Crippen molar-refractivity contribution in [2.75, 3.05) is 24.5 Å². The van der Waals surface area contributed by atoms with Crippen LogP contribution in [-0.2, 0) is 4.79 Å². The summed E-state index contributed by atoms with van der Waals surface area (Å²) < 4.78 is 0. The fourth-order valence-electron chi connectivity index (χ4n) is 2.38. The highest BCUT2D eigenvalue weighted by Gasteiger charge is 2.21. The zero-order valence-electron chi connectivity index (χ0n) is 11.2. The first-order chi connectivity index (χ1) is 10.1. The standard InChI is InChI=1S/C14H14N4O3/c19-11-8-18(7-3-6-15-11)13-9-4-1-2-5-10(9)16-12(17-13)14(20)21/h1-2,4-5H,3,6-8H2,(H,15,19)(H,20,21). The van der Waals surface area contributed by atoms with E-state index >= 15 is 0 Å². The van der Waals surface area contributed by atoms with Crippen LogP contribution in [0.15, 0.2) is 24.3 Å². The lowest BCUT2D eigenvalue weighted by atomic mass is 10.2. The van der Waals surface area contributed by atoms with Gasteiger partial charge in [-0.25, -0.2) is 14.8 Å². The van der Waals surface area contributed by atoms with E-state index in [1.807, 2.05) is 12.1 Å². The molecule has 1 aliphatic heterocycles. The number of hydrogen-bond acceptors (Lipinski definition) is 5. The second-order valence-electron chi connectivity index (χ2n) is 4.82.